The van der Waals surface area contributed by atoms with E-state index in [1.54, 1.807) is 12.1 Å². The van der Waals surface area contributed by atoms with Crippen molar-refractivity contribution in [3.8, 4) is 5.75 Å². The molecule has 1 aromatic carbocycles. The zero-order chi connectivity index (χ0) is 9.42. The van der Waals surface area contributed by atoms with Gasteiger partial charge in [-0.2, -0.15) is 0 Å². The molecular weight excluding hydrogens is 164 g/mol. The van der Waals surface area contributed by atoms with Gasteiger partial charge < -0.3 is 5.11 Å². The number of para-hydroxylation sites is 1. The summed E-state index contributed by atoms with van der Waals surface area (Å²) in [5.74, 6) is 0.188. The molecule has 2 aromatic rings. The van der Waals surface area contributed by atoms with Gasteiger partial charge >= 0.3 is 0 Å². The fourth-order valence-corrected chi connectivity index (χ4v) is 1.23. The Morgan fingerprint density at radius 3 is 2.54 bits per heavy atom. The van der Waals surface area contributed by atoms with E-state index < -0.39 is 0 Å². The maximum Gasteiger partial charge on any atom is 0.143 e. The van der Waals surface area contributed by atoms with E-state index in [1.807, 2.05) is 19.9 Å². The highest BCUT2D eigenvalue weighted by atomic mass is 16.3. The number of rotatable bonds is 0. The van der Waals surface area contributed by atoms with Crippen LogP contribution in [0.1, 0.15) is 11.4 Å². The Bertz CT molecular complexity index is 466. The topological polar surface area (TPSA) is 46.0 Å². The summed E-state index contributed by atoms with van der Waals surface area (Å²) in [7, 11) is 0. The van der Waals surface area contributed by atoms with Gasteiger partial charge in [-0.3, -0.25) is 0 Å². The number of hydrogen-bond donors (Lipinski definition) is 1. The second-order valence-corrected chi connectivity index (χ2v) is 3.04. The molecule has 3 heteroatoms. The lowest BCUT2D eigenvalue weighted by Crippen LogP contribution is -1.92. The van der Waals surface area contributed by atoms with Gasteiger partial charge in [0.1, 0.15) is 11.3 Å². The van der Waals surface area contributed by atoms with Crippen molar-refractivity contribution in [2.24, 2.45) is 0 Å². The zero-order valence-electron chi connectivity index (χ0n) is 7.57. The summed E-state index contributed by atoms with van der Waals surface area (Å²) in [6.45, 7) is 3.79. The molecule has 0 amide bonds. The lowest BCUT2D eigenvalue weighted by molar-refractivity contribution is 0.480. The summed E-state index contributed by atoms with van der Waals surface area (Å²) in [5.41, 5.74) is 3.07. The van der Waals surface area contributed by atoms with E-state index in [2.05, 4.69) is 9.97 Å². The van der Waals surface area contributed by atoms with Crippen LogP contribution >= 0.6 is 0 Å². The fourth-order valence-electron chi connectivity index (χ4n) is 1.23. The van der Waals surface area contributed by atoms with Gasteiger partial charge in [0.25, 0.3) is 0 Å². The molecule has 1 aromatic heterocycles. The molecular formula is C10H10N2O. The monoisotopic (exact) mass is 174 g/mol. The number of nitrogens with zero attached hydrogens (tertiary/aromatic N) is 2. The zero-order valence-corrected chi connectivity index (χ0v) is 7.57. The minimum atomic E-state index is 0.188. The van der Waals surface area contributed by atoms with E-state index in [9.17, 15) is 5.11 Å². The number of phenols is 1. The summed E-state index contributed by atoms with van der Waals surface area (Å²) >= 11 is 0. The quantitative estimate of drug-likeness (QED) is 0.664. The number of hydrogen-bond acceptors (Lipinski definition) is 3. The van der Waals surface area contributed by atoms with Crippen molar-refractivity contribution < 1.29 is 5.11 Å². The Morgan fingerprint density at radius 1 is 1.08 bits per heavy atom. The summed E-state index contributed by atoms with van der Waals surface area (Å²) in [6.07, 6.45) is 0. The number of aromatic hydroxyl groups is 1. The highest BCUT2D eigenvalue weighted by Gasteiger charge is 2.03. The van der Waals surface area contributed by atoms with Crippen molar-refractivity contribution in [3.05, 3.63) is 29.6 Å². The van der Waals surface area contributed by atoms with Crippen LogP contribution in [0.2, 0.25) is 0 Å². The van der Waals surface area contributed by atoms with E-state index >= 15 is 0 Å². The van der Waals surface area contributed by atoms with Crippen LogP contribution in [-0.2, 0) is 0 Å². The second-order valence-electron chi connectivity index (χ2n) is 3.04. The molecule has 0 aliphatic carbocycles. The Balaban J connectivity index is 2.89. The predicted molar refractivity (Wildman–Crippen MR) is 50.7 cm³/mol. The third-order valence-corrected chi connectivity index (χ3v) is 2.08. The molecule has 0 saturated heterocycles. The average molecular weight is 174 g/mol. The van der Waals surface area contributed by atoms with Gasteiger partial charge in [0.15, 0.2) is 0 Å². The van der Waals surface area contributed by atoms with Gasteiger partial charge in [0.05, 0.1) is 16.9 Å². The normalized spacial score (nSPS) is 10.6. The van der Waals surface area contributed by atoms with Gasteiger partial charge in [-0.25, -0.2) is 9.97 Å². The summed E-state index contributed by atoms with van der Waals surface area (Å²) in [4.78, 5) is 8.58. The molecule has 0 spiro atoms. The SMILES string of the molecule is Cc1nc2cccc(O)c2nc1C. The van der Waals surface area contributed by atoms with Crippen LogP contribution < -0.4 is 0 Å². The molecule has 1 heterocycles. The van der Waals surface area contributed by atoms with Crippen LogP contribution in [0.5, 0.6) is 5.75 Å². The van der Waals surface area contributed by atoms with Crippen molar-refractivity contribution in [2.45, 2.75) is 13.8 Å². The maximum atomic E-state index is 9.48. The molecule has 13 heavy (non-hydrogen) atoms. The van der Waals surface area contributed by atoms with Crippen molar-refractivity contribution in [3.63, 3.8) is 0 Å². The number of fused-ring (bicyclic) bond motifs is 1. The third-order valence-electron chi connectivity index (χ3n) is 2.08. The first kappa shape index (κ1) is 7.98. The van der Waals surface area contributed by atoms with Gasteiger partial charge in [-0.15, -0.1) is 0 Å². The first-order valence-electron chi connectivity index (χ1n) is 4.11. The molecule has 0 aliphatic heterocycles. The summed E-state index contributed by atoms with van der Waals surface area (Å²) < 4.78 is 0. The number of aromatic nitrogens is 2. The van der Waals surface area contributed by atoms with E-state index in [4.69, 9.17) is 0 Å². The van der Waals surface area contributed by atoms with Gasteiger partial charge in [-0.1, -0.05) is 6.07 Å². The van der Waals surface area contributed by atoms with Gasteiger partial charge in [0, 0.05) is 0 Å². The average Bonchev–Trinajstić information content (AvgIpc) is 2.09. The molecule has 2 rings (SSSR count). The first-order valence-corrected chi connectivity index (χ1v) is 4.11. The molecule has 0 saturated carbocycles. The molecule has 0 atom stereocenters. The van der Waals surface area contributed by atoms with Gasteiger partial charge in [0.2, 0.25) is 0 Å². The standard InChI is InChI=1S/C10H10N2O/c1-6-7(2)12-10-8(11-6)4-3-5-9(10)13/h3-5,13H,1-2H3. The van der Waals surface area contributed by atoms with Crippen molar-refractivity contribution in [1.82, 2.24) is 9.97 Å². The Morgan fingerprint density at radius 2 is 1.77 bits per heavy atom. The lowest BCUT2D eigenvalue weighted by atomic mass is 10.2. The molecule has 0 unspecified atom stereocenters. The molecule has 0 bridgehead atoms. The summed E-state index contributed by atoms with van der Waals surface area (Å²) in [5, 5.41) is 9.48. The molecule has 66 valence electrons. The van der Waals surface area contributed by atoms with Crippen LogP contribution in [0.15, 0.2) is 18.2 Å². The van der Waals surface area contributed by atoms with E-state index in [1.165, 1.54) is 0 Å². The molecule has 0 aliphatic rings. The minimum Gasteiger partial charge on any atom is -0.506 e. The highest BCUT2D eigenvalue weighted by molar-refractivity contribution is 5.80. The molecule has 0 fully saturated rings. The second kappa shape index (κ2) is 2.69. The van der Waals surface area contributed by atoms with Crippen LogP contribution in [0, 0.1) is 13.8 Å². The van der Waals surface area contributed by atoms with E-state index in [0.29, 0.717) is 5.52 Å². The lowest BCUT2D eigenvalue weighted by Gasteiger charge is -2.02. The van der Waals surface area contributed by atoms with E-state index in [0.717, 1.165) is 16.9 Å². The van der Waals surface area contributed by atoms with Gasteiger partial charge in [-0.05, 0) is 26.0 Å². The van der Waals surface area contributed by atoms with Crippen LogP contribution in [0.4, 0.5) is 0 Å². The molecule has 3 nitrogen and oxygen atoms in total. The molecule has 0 radical (unpaired) electrons. The molecule has 1 N–H and O–H groups in total. The van der Waals surface area contributed by atoms with Crippen molar-refractivity contribution in [2.75, 3.05) is 0 Å². The smallest absolute Gasteiger partial charge is 0.143 e. The number of phenolic OH excluding ortho intramolecular Hbond substituents is 1. The fraction of sp³-hybridized carbons (Fsp3) is 0.200. The van der Waals surface area contributed by atoms with Crippen LogP contribution in [0.3, 0.4) is 0 Å². The Labute approximate surface area is 76.1 Å². The van der Waals surface area contributed by atoms with Crippen molar-refractivity contribution in [1.29, 1.82) is 0 Å². The largest absolute Gasteiger partial charge is 0.506 e. The Hall–Kier alpha value is -1.64. The highest BCUT2D eigenvalue weighted by Crippen LogP contribution is 2.21. The summed E-state index contributed by atoms with van der Waals surface area (Å²) in [6, 6.07) is 5.22. The minimum absolute atomic E-state index is 0.188. The first-order chi connectivity index (χ1) is 6.18. The maximum absolute atomic E-state index is 9.48. The van der Waals surface area contributed by atoms with Crippen LogP contribution in [0.25, 0.3) is 11.0 Å². The predicted octanol–water partition coefficient (Wildman–Crippen LogP) is 1.95. The number of aryl methyl sites for hydroxylation is 2. The Kier molecular flexibility index (Phi) is 1.65. The third kappa shape index (κ3) is 1.22. The van der Waals surface area contributed by atoms with E-state index in [-0.39, 0.29) is 5.75 Å². The number of benzene rings is 1. The van der Waals surface area contributed by atoms with Crippen molar-refractivity contribution >= 4 is 11.0 Å². The van der Waals surface area contributed by atoms with Crippen LogP contribution in [-0.4, -0.2) is 15.1 Å².